The maximum absolute atomic E-state index is 6.39. The number of anilines is 1. The number of piperidine rings is 1. The molecule has 0 bridgehead atoms. The van der Waals surface area contributed by atoms with E-state index in [1.54, 1.807) is 0 Å². The molecule has 5 rings (SSSR count). The van der Waals surface area contributed by atoms with Crippen LogP contribution in [0, 0.1) is 6.92 Å². The average Bonchev–Trinajstić information content (AvgIpc) is 3.35. The monoisotopic (exact) mass is 406 g/mol. The zero-order chi connectivity index (χ0) is 19.8. The van der Waals surface area contributed by atoms with Crippen LogP contribution in [-0.2, 0) is 13.0 Å². The van der Waals surface area contributed by atoms with Crippen molar-refractivity contribution in [2.75, 3.05) is 25.0 Å². The van der Waals surface area contributed by atoms with E-state index in [0.29, 0.717) is 5.92 Å². The van der Waals surface area contributed by atoms with Gasteiger partial charge in [0.1, 0.15) is 5.82 Å². The molecule has 0 spiro atoms. The summed E-state index contributed by atoms with van der Waals surface area (Å²) < 4.78 is 2.09. The molecule has 0 amide bonds. The Bertz CT molecular complexity index is 1000. The van der Waals surface area contributed by atoms with Crippen LogP contribution in [0.5, 0.6) is 0 Å². The molecule has 2 aliphatic heterocycles. The first-order valence-corrected chi connectivity index (χ1v) is 11.0. The number of benzene rings is 2. The van der Waals surface area contributed by atoms with Crippen LogP contribution in [-0.4, -0.2) is 34.3 Å². The molecular formula is C24H27ClN4. The van der Waals surface area contributed by atoms with E-state index in [0.717, 1.165) is 54.7 Å². The second kappa shape index (κ2) is 7.85. The predicted molar refractivity (Wildman–Crippen MR) is 119 cm³/mol. The fraction of sp³-hybridized carbons (Fsp3) is 0.375. The number of rotatable bonds is 4. The Morgan fingerprint density at radius 2 is 1.86 bits per heavy atom. The molecule has 0 aliphatic carbocycles. The summed E-state index contributed by atoms with van der Waals surface area (Å²) in [5.74, 6) is 1.70. The van der Waals surface area contributed by atoms with E-state index in [1.165, 1.54) is 29.7 Å². The molecule has 3 heterocycles. The molecule has 1 aromatic heterocycles. The van der Waals surface area contributed by atoms with Gasteiger partial charge in [-0.2, -0.15) is 5.10 Å². The number of likely N-dealkylation sites (tertiary alicyclic amines) is 1. The molecule has 0 saturated carbocycles. The summed E-state index contributed by atoms with van der Waals surface area (Å²) >= 11 is 6.39. The topological polar surface area (TPSA) is 33.1 Å². The van der Waals surface area contributed by atoms with Crippen molar-refractivity contribution in [2.45, 2.75) is 38.6 Å². The van der Waals surface area contributed by atoms with Gasteiger partial charge >= 0.3 is 0 Å². The molecule has 1 saturated heterocycles. The lowest BCUT2D eigenvalue weighted by Gasteiger charge is -2.31. The highest BCUT2D eigenvalue weighted by atomic mass is 35.5. The molecule has 2 aromatic carbocycles. The maximum Gasteiger partial charge on any atom is 0.133 e. The highest BCUT2D eigenvalue weighted by Gasteiger charge is 2.30. The van der Waals surface area contributed by atoms with Crippen molar-refractivity contribution in [3.05, 3.63) is 75.9 Å². The second-order valence-corrected chi connectivity index (χ2v) is 8.63. The van der Waals surface area contributed by atoms with Gasteiger partial charge in [0.25, 0.3) is 0 Å². The fourth-order valence-corrected chi connectivity index (χ4v) is 4.90. The average molecular weight is 407 g/mol. The van der Waals surface area contributed by atoms with Gasteiger partial charge < -0.3 is 5.32 Å². The van der Waals surface area contributed by atoms with Crippen LogP contribution in [0.3, 0.4) is 0 Å². The van der Waals surface area contributed by atoms with Gasteiger partial charge in [-0.25, -0.2) is 4.68 Å². The van der Waals surface area contributed by atoms with E-state index in [9.17, 15) is 0 Å². The molecular weight excluding hydrogens is 380 g/mol. The van der Waals surface area contributed by atoms with E-state index < -0.39 is 0 Å². The number of hydrogen-bond acceptors (Lipinski definition) is 3. The third-order valence-electron chi connectivity index (χ3n) is 6.37. The predicted octanol–water partition coefficient (Wildman–Crippen LogP) is 5.18. The summed E-state index contributed by atoms with van der Waals surface area (Å²) in [5.41, 5.74) is 6.26. The lowest BCUT2D eigenvalue weighted by Crippen LogP contribution is -2.32. The Morgan fingerprint density at radius 3 is 2.66 bits per heavy atom. The Kier molecular flexibility index (Phi) is 5.06. The maximum atomic E-state index is 6.39. The molecule has 5 heteroatoms. The number of fused-ring (bicyclic) bond motifs is 1. The van der Waals surface area contributed by atoms with Crippen molar-refractivity contribution >= 4 is 17.4 Å². The number of halogens is 1. The van der Waals surface area contributed by atoms with Crippen molar-refractivity contribution < 1.29 is 0 Å². The summed E-state index contributed by atoms with van der Waals surface area (Å²) in [6.07, 6.45) is 3.41. The molecule has 0 atom stereocenters. The van der Waals surface area contributed by atoms with Gasteiger partial charge in [0.05, 0.1) is 11.4 Å². The van der Waals surface area contributed by atoms with Gasteiger partial charge in [0.15, 0.2) is 0 Å². The summed E-state index contributed by atoms with van der Waals surface area (Å²) in [6, 6.07) is 16.9. The van der Waals surface area contributed by atoms with Crippen LogP contribution >= 0.6 is 11.6 Å². The van der Waals surface area contributed by atoms with Crippen molar-refractivity contribution in [2.24, 2.45) is 0 Å². The first kappa shape index (κ1) is 18.7. The van der Waals surface area contributed by atoms with E-state index in [2.05, 4.69) is 58.2 Å². The van der Waals surface area contributed by atoms with Crippen LogP contribution in [0.25, 0.3) is 5.69 Å². The van der Waals surface area contributed by atoms with Gasteiger partial charge in [-0.1, -0.05) is 48.0 Å². The third-order valence-corrected chi connectivity index (χ3v) is 6.78. The van der Waals surface area contributed by atoms with Crippen molar-refractivity contribution in [1.82, 2.24) is 14.7 Å². The summed E-state index contributed by atoms with van der Waals surface area (Å²) in [7, 11) is 0. The third kappa shape index (κ3) is 3.56. The number of aromatic nitrogens is 2. The molecule has 150 valence electrons. The Morgan fingerprint density at radius 1 is 1.07 bits per heavy atom. The molecule has 0 radical (unpaired) electrons. The Labute approximate surface area is 177 Å². The molecule has 1 N–H and O–H groups in total. The zero-order valence-corrected chi connectivity index (χ0v) is 17.6. The molecule has 1 fully saturated rings. The van der Waals surface area contributed by atoms with Gasteiger partial charge in [-0.15, -0.1) is 0 Å². The molecule has 4 nitrogen and oxygen atoms in total. The summed E-state index contributed by atoms with van der Waals surface area (Å²) in [5, 5.41) is 9.47. The minimum Gasteiger partial charge on any atom is -0.369 e. The Balaban J connectivity index is 1.37. The van der Waals surface area contributed by atoms with Gasteiger partial charge in [0, 0.05) is 29.6 Å². The first-order chi connectivity index (χ1) is 14.2. The highest BCUT2D eigenvalue weighted by Crippen LogP contribution is 2.38. The second-order valence-electron chi connectivity index (χ2n) is 8.22. The lowest BCUT2D eigenvalue weighted by atomic mass is 9.90. The van der Waals surface area contributed by atoms with Crippen molar-refractivity contribution in [3.63, 3.8) is 0 Å². The van der Waals surface area contributed by atoms with Crippen LogP contribution in [0.1, 0.15) is 41.1 Å². The minimum atomic E-state index is 0.538. The summed E-state index contributed by atoms with van der Waals surface area (Å²) in [6.45, 7) is 6.37. The summed E-state index contributed by atoms with van der Waals surface area (Å²) in [4.78, 5) is 2.57. The standard InChI is InChI=1S/C24H27ClN4/c1-17-21(25)8-5-9-22(17)29-24-20(10-13-26-24)23(27-29)19-11-14-28(15-12-19)16-18-6-3-2-4-7-18/h2-9,19,26H,10-16H2,1H3. The quantitative estimate of drug-likeness (QED) is 0.647. The zero-order valence-electron chi connectivity index (χ0n) is 16.9. The largest absolute Gasteiger partial charge is 0.369 e. The number of hydrogen-bond donors (Lipinski definition) is 1. The van der Waals surface area contributed by atoms with Crippen LogP contribution in [0.15, 0.2) is 48.5 Å². The van der Waals surface area contributed by atoms with Gasteiger partial charge in [-0.3, -0.25) is 4.90 Å². The molecule has 0 unspecified atom stereocenters. The number of nitrogens with zero attached hydrogens (tertiary/aromatic N) is 3. The van der Waals surface area contributed by atoms with Crippen LogP contribution in [0.4, 0.5) is 5.82 Å². The van der Waals surface area contributed by atoms with E-state index in [1.807, 2.05) is 12.1 Å². The first-order valence-electron chi connectivity index (χ1n) is 10.6. The fourth-order valence-electron chi connectivity index (χ4n) is 4.74. The molecule has 3 aromatic rings. The number of nitrogens with one attached hydrogen (secondary N) is 1. The van der Waals surface area contributed by atoms with E-state index in [4.69, 9.17) is 16.7 Å². The van der Waals surface area contributed by atoms with Crippen molar-refractivity contribution in [1.29, 1.82) is 0 Å². The SMILES string of the molecule is Cc1c(Cl)cccc1-n1nc(C2CCN(Cc3ccccc3)CC2)c2c1NCC2. The normalized spacial score (nSPS) is 17.3. The molecule has 29 heavy (non-hydrogen) atoms. The smallest absolute Gasteiger partial charge is 0.133 e. The van der Waals surface area contributed by atoms with Crippen LogP contribution in [0.2, 0.25) is 5.02 Å². The van der Waals surface area contributed by atoms with E-state index in [-0.39, 0.29) is 0 Å². The van der Waals surface area contributed by atoms with Gasteiger partial charge in [0.2, 0.25) is 0 Å². The van der Waals surface area contributed by atoms with Crippen molar-refractivity contribution in [3.8, 4) is 5.69 Å². The lowest BCUT2D eigenvalue weighted by molar-refractivity contribution is 0.203. The molecule has 2 aliphatic rings. The van der Waals surface area contributed by atoms with Crippen LogP contribution < -0.4 is 5.32 Å². The van der Waals surface area contributed by atoms with Gasteiger partial charge in [-0.05, 0) is 62.5 Å². The highest BCUT2D eigenvalue weighted by molar-refractivity contribution is 6.31. The Hall–Kier alpha value is -2.30. The van der Waals surface area contributed by atoms with E-state index >= 15 is 0 Å². The minimum absolute atomic E-state index is 0.538.